The van der Waals surface area contributed by atoms with Crippen LogP contribution < -0.4 is 16.9 Å². The maximum absolute atomic E-state index is 12.0. The van der Waals surface area contributed by atoms with Gasteiger partial charge in [-0.15, -0.1) is 0 Å². The van der Waals surface area contributed by atoms with Crippen molar-refractivity contribution >= 4 is 46.4 Å². The van der Waals surface area contributed by atoms with E-state index < -0.39 is 30.1 Å². The molecule has 3 aromatic carbocycles. The van der Waals surface area contributed by atoms with Crippen molar-refractivity contribution in [3.8, 4) is 0 Å². The van der Waals surface area contributed by atoms with Crippen LogP contribution in [-0.4, -0.2) is 72.3 Å². The minimum absolute atomic E-state index is 0. The van der Waals surface area contributed by atoms with Crippen molar-refractivity contribution in [3.63, 3.8) is 0 Å². The summed E-state index contributed by atoms with van der Waals surface area (Å²) in [5.41, 5.74) is 15.4. The minimum Gasteiger partial charge on any atom is -0.412 e. The Morgan fingerprint density at radius 3 is 1.23 bits per heavy atom. The molecular formula is C29H48ClN5O10S3+2. The Kier molecular flexibility index (Phi) is 27.4. The largest absolute Gasteiger partial charge is 0.412 e. The molecule has 12 N–H and O–H groups in total. The molecule has 0 amide bonds. The van der Waals surface area contributed by atoms with Gasteiger partial charge in [0, 0.05) is 41.7 Å². The number of hydrogen-bond acceptors (Lipinski definition) is 8. The Balaban J connectivity index is -0.000000595. The van der Waals surface area contributed by atoms with Crippen LogP contribution in [0, 0.1) is 9.81 Å². The molecule has 0 saturated carbocycles. The molecule has 2 aliphatic rings. The predicted octanol–water partition coefficient (Wildman–Crippen LogP) is -0.555. The topological polar surface area (TPSA) is 298 Å². The van der Waals surface area contributed by atoms with Crippen LogP contribution in [0.4, 0.5) is 5.69 Å². The van der Waals surface area contributed by atoms with Gasteiger partial charge in [0.25, 0.3) is 0 Å². The zero-order valence-electron chi connectivity index (χ0n) is 26.4. The number of benzene rings is 3. The molecule has 5 rings (SSSR count). The number of hydrogen-bond donors (Lipinski definition) is 3. The number of rotatable bonds is 8. The highest BCUT2D eigenvalue weighted by Gasteiger charge is 2.26. The second kappa shape index (κ2) is 26.7. The molecule has 2 fully saturated rings. The van der Waals surface area contributed by atoms with Gasteiger partial charge in [-0.1, -0.05) is 72.8 Å². The van der Waals surface area contributed by atoms with Gasteiger partial charge in [-0.3, -0.25) is 0 Å². The predicted molar refractivity (Wildman–Crippen MR) is 190 cm³/mol. The van der Waals surface area contributed by atoms with E-state index in [-0.39, 0.29) is 27.9 Å². The van der Waals surface area contributed by atoms with Crippen LogP contribution in [0.5, 0.6) is 0 Å². The first kappa shape index (κ1) is 49.2. The van der Waals surface area contributed by atoms with Gasteiger partial charge < -0.3 is 22.2 Å². The average molecular weight is 758 g/mol. The van der Waals surface area contributed by atoms with Crippen molar-refractivity contribution in [2.45, 2.75) is 42.9 Å². The van der Waals surface area contributed by atoms with Crippen molar-refractivity contribution in [1.29, 1.82) is 0 Å². The van der Waals surface area contributed by atoms with E-state index in [1.165, 1.54) is 0 Å². The maximum Gasteiger partial charge on any atom is 0.218 e. The molecule has 48 heavy (non-hydrogen) atoms. The van der Waals surface area contributed by atoms with Gasteiger partial charge in [0.1, 0.15) is 10.0 Å². The maximum atomic E-state index is 12.0. The lowest BCUT2D eigenvalue weighted by Gasteiger charge is -2.15. The van der Waals surface area contributed by atoms with Crippen molar-refractivity contribution in [1.82, 2.24) is 8.61 Å². The van der Waals surface area contributed by atoms with Crippen LogP contribution in [0.3, 0.4) is 0 Å². The van der Waals surface area contributed by atoms with E-state index in [4.69, 9.17) is 26.2 Å². The standard InChI is InChI=1S/C11H16N2O2S.C11H15NO2S.C7H7ClOS.2H2NO.3H2O/c12-11-5-3-10(4-6-11)9-16(14,15)13-7-1-2-8-13;13-15(14,12-8-4-5-9-12)10-11-6-2-1-3-7-11;8-10(9)6-7-4-2-1-3-5-7;2*1-2;;;/h3-6H,1-2,7-9,12H2;1-3,6-7H,4-5,8-10H2;1-5H,6H2;2*1H2;3*1H2/q;;;2*+1;;;. The highest BCUT2D eigenvalue weighted by Crippen LogP contribution is 2.18. The fourth-order valence-electron chi connectivity index (χ4n) is 4.43. The third-order valence-corrected chi connectivity index (χ3v) is 11.1. The molecule has 0 aliphatic carbocycles. The monoisotopic (exact) mass is 757 g/mol. The fourth-order valence-corrected chi connectivity index (χ4v) is 8.48. The molecule has 3 aromatic rings. The van der Waals surface area contributed by atoms with E-state index in [1.54, 1.807) is 32.9 Å². The third-order valence-electron chi connectivity index (χ3n) is 6.56. The molecule has 0 bridgehead atoms. The highest BCUT2D eigenvalue weighted by molar-refractivity contribution is 8.07. The first-order valence-electron chi connectivity index (χ1n) is 13.9. The Labute approximate surface area is 289 Å². The summed E-state index contributed by atoms with van der Waals surface area (Å²) < 4.78 is 61.5. The second-order valence-electron chi connectivity index (χ2n) is 9.87. The number of anilines is 1. The number of nitrogens with two attached hydrogens (primary N) is 3. The molecule has 2 heterocycles. The van der Waals surface area contributed by atoms with Crippen LogP contribution in [0.1, 0.15) is 42.4 Å². The Morgan fingerprint density at radius 2 is 0.896 bits per heavy atom. The second-order valence-corrected chi connectivity index (χ2v) is 15.7. The summed E-state index contributed by atoms with van der Waals surface area (Å²) in [6.07, 6.45) is 3.93. The summed E-state index contributed by atoms with van der Waals surface area (Å²) in [5, 5.41) is 0. The molecular weight excluding hydrogens is 710 g/mol. The number of halogens is 1. The number of nitrogen functional groups attached to an aromatic ring is 1. The molecule has 1 unspecified atom stereocenters. The van der Waals surface area contributed by atoms with E-state index in [0.29, 0.717) is 37.6 Å². The Bertz CT molecular complexity index is 1480. The number of nitrogens with zero attached hydrogens (tertiary/aromatic N) is 2. The summed E-state index contributed by atoms with van der Waals surface area (Å²) in [6.45, 7) is 2.71. The van der Waals surface area contributed by atoms with Crippen LogP contribution >= 0.6 is 10.7 Å². The van der Waals surface area contributed by atoms with Crippen LogP contribution in [0.2, 0.25) is 0 Å². The summed E-state index contributed by atoms with van der Waals surface area (Å²) in [6, 6.07) is 25.9. The highest BCUT2D eigenvalue weighted by atomic mass is 35.7. The third kappa shape index (κ3) is 19.0. The van der Waals surface area contributed by atoms with Gasteiger partial charge in [-0.05, 0) is 76.4 Å². The van der Waals surface area contributed by atoms with Crippen molar-refractivity contribution in [2.75, 3.05) is 31.9 Å². The van der Waals surface area contributed by atoms with Crippen molar-refractivity contribution < 1.29 is 48.7 Å². The number of sulfonamides is 2. The molecule has 0 spiro atoms. The Morgan fingerprint density at radius 1 is 0.583 bits per heavy atom. The molecule has 0 aromatic heterocycles. The van der Waals surface area contributed by atoms with Gasteiger partial charge in [0.15, 0.2) is 0 Å². The summed E-state index contributed by atoms with van der Waals surface area (Å²) in [7, 11) is -2.17. The van der Waals surface area contributed by atoms with Gasteiger partial charge in [0.05, 0.1) is 17.3 Å². The molecule has 0 radical (unpaired) electrons. The normalized spacial score (nSPS) is 14.4. The molecule has 19 heteroatoms. The van der Waals surface area contributed by atoms with Crippen LogP contribution in [-0.2, 0) is 47.3 Å². The summed E-state index contributed by atoms with van der Waals surface area (Å²) >= 11 is 0. The average Bonchev–Trinajstić information content (AvgIpc) is 3.78. The van der Waals surface area contributed by atoms with Crippen molar-refractivity contribution in [2.24, 2.45) is 0 Å². The molecule has 2 saturated heterocycles. The van der Waals surface area contributed by atoms with E-state index >= 15 is 0 Å². The smallest absolute Gasteiger partial charge is 0.218 e. The molecule has 1 atom stereocenters. The Hall–Kier alpha value is -3.20. The van der Waals surface area contributed by atoms with E-state index in [0.717, 1.165) is 42.4 Å². The van der Waals surface area contributed by atoms with Crippen LogP contribution in [0.15, 0.2) is 84.9 Å². The SMILES string of the molecule is Nc1ccc(CS(=O)(=O)N2CCCC2)cc1.O.O.O.O=S(=O)(Cc1ccccc1)N1CCCC1.O=S(Cl)Cc1ccccc1.[NH2+]=O.[NH2+]=O. The molecule has 15 nitrogen and oxygen atoms in total. The van der Waals surface area contributed by atoms with E-state index in [1.807, 2.05) is 60.7 Å². The van der Waals surface area contributed by atoms with E-state index in [9.17, 15) is 21.0 Å². The first-order valence-corrected chi connectivity index (χ1v) is 19.3. The molecule has 272 valence electrons. The first-order chi connectivity index (χ1) is 21.5. The van der Waals surface area contributed by atoms with Gasteiger partial charge in [0.2, 0.25) is 20.0 Å². The van der Waals surface area contributed by atoms with Gasteiger partial charge in [-0.2, -0.15) is 0 Å². The van der Waals surface area contributed by atoms with Crippen LogP contribution in [0.25, 0.3) is 0 Å². The summed E-state index contributed by atoms with van der Waals surface area (Å²) in [4.78, 5) is 15.5. The quantitative estimate of drug-likeness (QED) is 0.197. The lowest BCUT2D eigenvalue weighted by atomic mass is 10.2. The molecule has 2 aliphatic heterocycles. The van der Waals surface area contributed by atoms with E-state index in [2.05, 4.69) is 11.2 Å². The fraction of sp³-hybridized carbons (Fsp3) is 0.379. The van der Waals surface area contributed by atoms with Gasteiger partial charge in [-0.25, -0.2) is 29.7 Å². The minimum atomic E-state index is -3.13. The zero-order valence-corrected chi connectivity index (χ0v) is 29.7. The zero-order chi connectivity index (χ0) is 33.7. The number of nitroso groups, excluding NO2 is 2. The lowest BCUT2D eigenvalue weighted by Crippen LogP contribution is -2.29. The summed E-state index contributed by atoms with van der Waals surface area (Å²) in [5.74, 6) is 0.642. The lowest BCUT2D eigenvalue weighted by molar-refractivity contribution is -0.143. The van der Waals surface area contributed by atoms with Gasteiger partial charge >= 0.3 is 0 Å². The van der Waals surface area contributed by atoms with Crippen molar-refractivity contribution in [3.05, 3.63) is 111 Å².